The van der Waals surface area contributed by atoms with Crippen molar-refractivity contribution in [2.45, 2.75) is 33.2 Å². The summed E-state index contributed by atoms with van der Waals surface area (Å²) in [6.07, 6.45) is 0. The molecule has 1 rings (SSSR count). The molecule has 0 unspecified atom stereocenters. The highest BCUT2D eigenvalue weighted by Crippen LogP contribution is 2.21. The summed E-state index contributed by atoms with van der Waals surface area (Å²) in [7, 11) is 1.70. The highest BCUT2D eigenvalue weighted by molar-refractivity contribution is 5.99. The number of likely N-dealkylation sites (N-methyl/N-ethyl adjacent to an activating group) is 1. The molecule has 1 aromatic rings. The Kier molecular flexibility index (Phi) is 4.32. The normalized spacial score (nSPS) is 11.2. The highest BCUT2D eigenvalue weighted by atomic mass is 16.4. The number of nitrogens with one attached hydrogen (secondary N) is 2. The first-order valence-electron chi connectivity index (χ1n) is 6.04. The third kappa shape index (κ3) is 3.32. The highest BCUT2D eigenvalue weighted by Gasteiger charge is 2.25. The molecule has 0 radical (unpaired) electrons. The summed E-state index contributed by atoms with van der Waals surface area (Å²) in [6, 6.07) is 3.25. The quantitative estimate of drug-likeness (QED) is 0.776. The number of carbonyl (C=O) groups excluding carboxylic acids is 1. The monoisotopic (exact) mass is 264 g/mol. The maximum absolute atomic E-state index is 12.0. The maximum Gasteiger partial charge on any atom is 0.336 e. The largest absolute Gasteiger partial charge is 0.478 e. The van der Waals surface area contributed by atoms with Crippen LogP contribution in [0, 0.1) is 13.8 Å². The molecule has 1 amide bonds. The summed E-state index contributed by atoms with van der Waals surface area (Å²) < 4.78 is 0. The SMILES string of the molecule is CNC(C)(C)C(=O)Nc1cc(C)c(C)c(C(=O)O)c1. The molecule has 0 saturated carbocycles. The van der Waals surface area contributed by atoms with E-state index in [1.165, 1.54) is 6.07 Å². The van der Waals surface area contributed by atoms with Gasteiger partial charge in [0.15, 0.2) is 0 Å². The number of aromatic carboxylic acids is 1. The van der Waals surface area contributed by atoms with E-state index in [2.05, 4.69) is 10.6 Å². The van der Waals surface area contributed by atoms with E-state index < -0.39 is 11.5 Å². The Morgan fingerprint density at radius 3 is 2.26 bits per heavy atom. The minimum absolute atomic E-state index is 0.206. The molecule has 0 heterocycles. The number of hydrogen-bond donors (Lipinski definition) is 3. The molecule has 1 aromatic carbocycles. The third-order valence-electron chi connectivity index (χ3n) is 3.35. The smallest absolute Gasteiger partial charge is 0.336 e. The summed E-state index contributed by atoms with van der Waals surface area (Å²) >= 11 is 0. The predicted molar refractivity (Wildman–Crippen MR) is 74.6 cm³/mol. The van der Waals surface area contributed by atoms with Crippen LogP contribution in [0.15, 0.2) is 12.1 Å². The van der Waals surface area contributed by atoms with E-state index >= 15 is 0 Å². The van der Waals surface area contributed by atoms with Crippen LogP contribution in [-0.2, 0) is 4.79 Å². The van der Waals surface area contributed by atoms with Crippen LogP contribution in [0.5, 0.6) is 0 Å². The van der Waals surface area contributed by atoms with Crippen LogP contribution in [0.4, 0.5) is 5.69 Å². The summed E-state index contributed by atoms with van der Waals surface area (Å²) in [4.78, 5) is 23.2. The predicted octanol–water partition coefficient (Wildman–Crippen LogP) is 1.94. The molecule has 19 heavy (non-hydrogen) atoms. The third-order valence-corrected chi connectivity index (χ3v) is 3.35. The van der Waals surface area contributed by atoms with Crippen molar-refractivity contribution in [3.05, 3.63) is 28.8 Å². The average Bonchev–Trinajstić information content (AvgIpc) is 2.32. The number of carboxylic acids is 1. The standard InChI is InChI=1S/C14H20N2O3/c1-8-6-10(7-11(9(8)2)12(17)18)16-13(19)14(3,4)15-5/h6-7,15H,1-5H3,(H,16,19)(H,17,18). The molecular weight excluding hydrogens is 244 g/mol. The number of benzene rings is 1. The first-order chi connectivity index (χ1) is 8.69. The van der Waals surface area contributed by atoms with E-state index in [1.54, 1.807) is 33.9 Å². The number of anilines is 1. The van der Waals surface area contributed by atoms with Gasteiger partial charge in [0.25, 0.3) is 0 Å². The van der Waals surface area contributed by atoms with Crippen molar-refractivity contribution >= 4 is 17.6 Å². The molecule has 0 aliphatic rings. The van der Waals surface area contributed by atoms with Gasteiger partial charge in [0.1, 0.15) is 0 Å². The zero-order valence-electron chi connectivity index (χ0n) is 11.9. The van der Waals surface area contributed by atoms with Gasteiger partial charge in [-0.05, 0) is 58.0 Å². The van der Waals surface area contributed by atoms with Crippen molar-refractivity contribution in [1.82, 2.24) is 5.32 Å². The molecule has 104 valence electrons. The first-order valence-corrected chi connectivity index (χ1v) is 6.04. The van der Waals surface area contributed by atoms with Crippen molar-refractivity contribution in [3.8, 4) is 0 Å². The number of rotatable bonds is 4. The Morgan fingerprint density at radius 2 is 1.79 bits per heavy atom. The Hall–Kier alpha value is -1.88. The zero-order chi connectivity index (χ0) is 14.8. The second kappa shape index (κ2) is 5.40. The van der Waals surface area contributed by atoms with Gasteiger partial charge in [-0.15, -0.1) is 0 Å². The van der Waals surface area contributed by atoms with Crippen LogP contribution in [0.25, 0.3) is 0 Å². The van der Waals surface area contributed by atoms with Gasteiger partial charge in [0.05, 0.1) is 11.1 Å². The molecule has 0 atom stereocenters. The van der Waals surface area contributed by atoms with E-state index in [1.807, 2.05) is 6.92 Å². The topological polar surface area (TPSA) is 78.4 Å². The van der Waals surface area contributed by atoms with E-state index in [0.717, 1.165) is 5.56 Å². The Labute approximate surface area is 113 Å². The summed E-state index contributed by atoms with van der Waals surface area (Å²) in [6.45, 7) is 7.07. The maximum atomic E-state index is 12.0. The Bertz CT molecular complexity index is 522. The molecule has 0 spiro atoms. The molecule has 5 heteroatoms. The minimum atomic E-state index is -0.996. The first kappa shape index (κ1) is 15.2. The van der Waals surface area contributed by atoms with Gasteiger partial charge in [-0.1, -0.05) is 0 Å². The van der Waals surface area contributed by atoms with Crippen molar-refractivity contribution in [2.24, 2.45) is 0 Å². The lowest BCUT2D eigenvalue weighted by Gasteiger charge is -2.23. The summed E-state index contributed by atoms with van der Waals surface area (Å²) in [5.41, 5.74) is 1.52. The van der Waals surface area contributed by atoms with Gasteiger partial charge in [-0.3, -0.25) is 4.79 Å². The minimum Gasteiger partial charge on any atom is -0.478 e. The molecule has 0 fully saturated rings. The second-order valence-electron chi connectivity index (χ2n) is 5.10. The molecule has 0 aliphatic heterocycles. The van der Waals surface area contributed by atoms with Crippen LogP contribution in [0.2, 0.25) is 0 Å². The van der Waals surface area contributed by atoms with Gasteiger partial charge < -0.3 is 15.7 Å². The van der Waals surface area contributed by atoms with Crippen molar-refractivity contribution in [3.63, 3.8) is 0 Å². The van der Waals surface area contributed by atoms with Crippen molar-refractivity contribution < 1.29 is 14.7 Å². The van der Waals surface area contributed by atoms with Gasteiger partial charge >= 0.3 is 5.97 Å². The fourth-order valence-corrected chi connectivity index (χ4v) is 1.55. The molecule has 0 saturated heterocycles. The molecule has 5 nitrogen and oxygen atoms in total. The number of amides is 1. The Balaban J connectivity index is 3.10. The van der Waals surface area contributed by atoms with Gasteiger partial charge in [-0.25, -0.2) is 4.79 Å². The second-order valence-corrected chi connectivity index (χ2v) is 5.10. The van der Waals surface area contributed by atoms with Crippen LogP contribution < -0.4 is 10.6 Å². The number of hydrogen-bond acceptors (Lipinski definition) is 3. The zero-order valence-corrected chi connectivity index (χ0v) is 11.9. The van der Waals surface area contributed by atoms with E-state index in [0.29, 0.717) is 11.3 Å². The lowest BCUT2D eigenvalue weighted by molar-refractivity contribution is -0.121. The number of carboxylic acid groups (broad SMARTS) is 1. The number of aryl methyl sites for hydroxylation is 1. The fourth-order valence-electron chi connectivity index (χ4n) is 1.55. The fraction of sp³-hybridized carbons (Fsp3) is 0.429. The molecular formula is C14H20N2O3. The van der Waals surface area contributed by atoms with E-state index in [4.69, 9.17) is 5.11 Å². The molecule has 0 aromatic heterocycles. The van der Waals surface area contributed by atoms with Gasteiger partial charge in [0.2, 0.25) is 5.91 Å². The van der Waals surface area contributed by atoms with Crippen molar-refractivity contribution in [2.75, 3.05) is 12.4 Å². The molecule has 0 bridgehead atoms. The van der Waals surface area contributed by atoms with Gasteiger partial charge in [-0.2, -0.15) is 0 Å². The number of carbonyl (C=O) groups is 2. The van der Waals surface area contributed by atoms with Crippen LogP contribution in [0.1, 0.15) is 35.3 Å². The van der Waals surface area contributed by atoms with Crippen molar-refractivity contribution in [1.29, 1.82) is 0 Å². The lowest BCUT2D eigenvalue weighted by Crippen LogP contribution is -2.47. The molecule has 3 N–H and O–H groups in total. The van der Waals surface area contributed by atoms with E-state index in [-0.39, 0.29) is 11.5 Å². The molecule has 0 aliphatic carbocycles. The van der Waals surface area contributed by atoms with Crippen LogP contribution >= 0.6 is 0 Å². The average molecular weight is 264 g/mol. The lowest BCUT2D eigenvalue weighted by atomic mass is 10.0. The summed E-state index contributed by atoms with van der Waals surface area (Å²) in [5, 5.41) is 14.8. The van der Waals surface area contributed by atoms with Gasteiger partial charge in [0, 0.05) is 5.69 Å². The Morgan fingerprint density at radius 1 is 1.21 bits per heavy atom. The van der Waals surface area contributed by atoms with E-state index in [9.17, 15) is 9.59 Å². The van der Waals surface area contributed by atoms with Crippen LogP contribution in [-0.4, -0.2) is 29.6 Å². The van der Waals surface area contributed by atoms with Crippen LogP contribution in [0.3, 0.4) is 0 Å². The summed E-state index contributed by atoms with van der Waals surface area (Å²) in [5.74, 6) is -1.21.